The van der Waals surface area contributed by atoms with Crippen molar-refractivity contribution in [3.8, 4) is 5.75 Å². The molecule has 0 unspecified atom stereocenters. The number of hydrogen-bond acceptors (Lipinski definition) is 4. The zero-order valence-electron chi connectivity index (χ0n) is 11.7. The molecule has 1 aromatic carbocycles. The Kier molecular flexibility index (Phi) is 7.10. The summed E-state index contributed by atoms with van der Waals surface area (Å²) in [5.74, 6) is -0.0882. The van der Waals surface area contributed by atoms with Gasteiger partial charge in [0, 0.05) is 6.42 Å². The van der Waals surface area contributed by atoms with Gasteiger partial charge in [-0.3, -0.25) is 20.4 Å². The zero-order chi connectivity index (χ0) is 15.8. The molecule has 3 N–H and O–H groups in total. The van der Waals surface area contributed by atoms with Gasteiger partial charge < -0.3 is 10.1 Å². The van der Waals surface area contributed by atoms with Crippen LogP contribution in [0.4, 0.5) is 0 Å². The van der Waals surface area contributed by atoms with E-state index >= 15 is 0 Å². The molecule has 0 heterocycles. The lowest BCUT2D eigenvalue weighted by molar-refractivity contribution is -0.124. The van der Waals surface area contributed by atoms with E-state index in [-0.39, 0.29) is 17.6 Å². The maximum absolute atomic E-state index is 11.6. The van der Waals surface area contributed by atoms with Gasteiger partial charge in [-0.15, -0.1) is 0 Å². The van der Waals surface area contributed by atoms with E-state index in [2.05, 4.69) is 32.1 Å². The SMILES string of the molecule is CCC(=O)NC(=S)NNC(=O)COc1ccc(C)cc1Br. The molecule has 0 aliphatic carbocycles. The zero-order valence-corrected chi connectivity index (χ0v) is 14.1. The Morgan fingerprint density at radius 3 is 2.62 bits per heavy atom. The first kappa shape index (κ1) is 17.4. The highest BCUT2D eigenvalue weighted by molar-refractivity contribution is 9.10. The van der Waals surface area contributed by atoms with Crippen molar-refractivity contribution in [2.75, 3.05) is 6.61 Å². The molecule has 0 spiro atoms. The fraction of sp³-hybridized carbons (Fsp3) is 0.308. The summed E-state index contributed by atoms with van der Waals surface area (Å²) in [6.45, 7) is 3.47. The van der Waals surface area contributed by atoms with E-state index < -0.39 is 5.91 Å². The number of rotatable bonds is 4. The Morgan fingerprint density at radius 2 is 2.00 bits per heavy atom. The number of benzene rings is 1. The number of aryl methyl sites for hydroxylation is 1. The van der Waals surface area contributed by atoms with Crippen LogP contribution in [0.1, 0.15) is 18.9 Å². The van der Waals surface area contributed by atoms with E-state index in [4.69, 9.17) is 17.0 Å². The highest BCUT2D eigenvalue weighted by atomic mass is 79.9. The number of amides is 2. The molecule has 1 aromatic rings. The van der Waals surface area contributed by atoms with Crippen molar-refractivity contribution >= 4 is 45.1 Å². The lowest BCUT2D eigenvalue weighted by Gasteiger charge is -2.11. The molecular formula is C13H16BrN3O3S. The molecule has 1 rings (SSSR count). The van der Waals surface area contributed by atoms with Crippen LogP contribution in [0.2, 0.25) is 0 Å². The summed E-state index contributed by atoms with van der Waals surface area (Å²) < 4.78 is 6.13. The fourth-order valence-corrected chi connectivity index (χ4v) is 2.05. The lowest BCUT2D eigenvalue weighted by atomic mass is 10.2. The predicted octanol–water partition coefficient (Wildman–Crippen LogP) is 1.57. The third-order valence-corrected chi connectivity index (χ3v) is 3.16. The van der Waals surface area contributed by atoms with Crippen molar-refractivity contribution in [1.82, 2.24) is 16.2 Å². The number of thiocarbonyl (C=S) groups is 1. The minimum atomic E-state index is -0.421. The second-order valence-electron chi connectivity index (χ2n) is 4.13. The van der Waals surface area contributed by atoms with Gasteiger partial charge >= 0.3 is 0 Å². The monoisotopic (exact) mass is 373 g/mol. The summed E-state index contributed by atoms with van der Waals surface area (Å²) in [6, 6.07) is 5.54. The maximum atomic E-state index is 11.6. The van der Waals surface area contributed by atoms with Gasteiger partial charge in [-0.25, -0.2) is 0 Å². The minimum Gasteiger partial charge on any atom is -0.483 e. The van der Waals surface area contributed by atoms with E-state index in [9.17, 15) is 9.59 Å². The van der Waals surface area contributed by atoms with Gasteiger partial charge in [0.05, 0.1) is 4.47 Å². The second kappa shape index (κ2) is 8.58. The Labute approximate surface area is 136 Å². The number of hydrogen-bond donors (Lipinski definition) is 3. The van der Waals surface area contributed by atoms with E-state index in [0.717, 1.165) is 10.0 Å². The first-order valence-corrected chi connectivity index (χ1v) is 7.40. The molecule has 21 heavy (non-hydrogen) atoms. The Hall–Kier alpha value is -1.67. The Morgan fingerprint density at radius 1 is 1.29 bits per heavy atom. The summed E-state index contributed by atoms with van der Waals surface area (Å²) in [5, 5.41) is 2.43. The van der Waals surface area contributed by atoms with Crippen LogP contribution in [0, 0.1) is 6.92 Å². The first-order valence-electron chi connectivity index (χ1n) is 6.20. The number of ether oxygens (including phenoxy) is 1. The van der Waals surface area contributed by atoms with Crippen molar-refractivity contribution in [1.29, 1.82) is 0 Å². The maximum Gasteiger partial charge on any atom is 0.276 e. The highest BCUT2D eigenvalue weighted by Crippen LogP contribution is 2.25. The largest absolute Gasteiger partial charge is 0.483 e. The molecule has 0 aliphatic heterocycles. The molecule has 0 bridgehead atoms. The van der Waals surface area contributed by atoms with Crippen LogP contribution in [-0.2, 0) is 9.59 Å². The molecule has 0 radical (unpaired) electrons. The molecule has 0 aliphatic rings. The Bertz CT molecular complexity index is 551. The average molecular weight is 374 g/mol. The number of carbonyl (C=O) groups excluding carboxylic acids is 2. The molecule has 2 amide bonds. The number of carbonyl (C=O) groups is 2. The van der Waals surface area contributed by atoms with Crippen LogP contribution < -0.4 is 20.9 Å². The summed E-state index contributed by atoms with van der Waals surface area (Å²) in [5.41, 5.74) is 5.82. The molecule has 0 fully saturated rings. The summed E-state index contributed by atoms with van der Waals surface area (Å²) in [6.07, 6.45) is 0.306. The van der Waals surface area contributed by atoms with Crippen molar-refractivity contribution in [3.05, 3.63) is 28.2 Å². The predicted molar refractivity (Wildman–Crippen MR) is 86.7 cm³/mol. The minimum absolute atomic E-state index is 0.0340. The van der Waals surface area contributed by atoms with Crippen molar-refractivity contribution in [2.24, 2.45) is 0 Å². The molecule has 0 saturated heterocycles. The Balaban J connectivity index is 2.34. The lowest BCUT2D eigenvalue weighted by Crippen LogP contribution is -2.49. The third-order valence-electron chi connectivity index (χ3n) is 2.34. The second-order valence-corrected chi connectivity index (χ2v) is 5.39. The summed E-state index contributed by atoms with van der Waals surface area (Å²) >= 11 is 8.18. The number of nitrogens with one attached hydrogen (secondary N) is 3. The average Bonchev–Trinajstić information content (AvgIpc) is 2.44. The summed E-state index contributed by atoms with van der Waals surface area (Å²) in [7, 11) is 0. The van der Waals surface area contributed by atoms with Gasteiger partial charge in [0.25, 0.3) is 5.91 Å². The van der Waals surface area contributed by atoms with Crippen LogP contribution in [0.15, 0.2) is 22.7 Å². The molecule has 0 aromatic heterocycles. The van der Waals surface area contributed by atoms with E-state index in [1.54, 1.807) is 13.0 Å². The first-order chi connectivity index (χ1) is 9.92. The smallest absolute Gasteiger partial charge is 0.276 e. The van der Waals surface area contributed by atoms with Crippen molar-refractivity contribution < 1.29 is 14.3 Å². The molecule has 0 atom stereocenters. The molecule has 8 heteroatoms. The van der Waals surface area contributed by atoms with Crippen LogP contribution in [-0.4, -0.2) is 23.5 Å². The van der Waals surface area contributed by atoms with Crippen LogP contribution in [0.5, 0.6) is 5.75 Å². The van der Waals surface area contributed by atoms with E-state index in [0.29, 0.717) is 12.2 Å². The van der Waals surface area contributed by atoms with Gasteiger partial charge in [-0.2, -0.15) is 0 Å². The van der Waals surface area contributed by atoms with Gasteiger partial charge in [0.2, 0.25) is 5.91 Å². The van der Waals surface area contributed by atoms with Gasteiger partial charge in [0.15, 0.2) is 11.7 Å². The van der Waals surface area contributed by atoms with Crippen LogP contribution in [0.25, 0.3) is 0 Å². The van der Waals surface area contributed by atoms with Crippen molar-refractivity contribution in [2.45, 2.75) is 20.3 Å². The normalized spacial score (nSPS) is 9.67. The number of halogens is 1. The quantitative estimate of drug-likeness (QED) is 0.551. The van der Waals surface area contributed by atoms with E-state index in [1.807, 2.05) is 19.1 Å². The van der Waals surface area contributed by atoms with Crippen LogP contribution >= 0.6 is 28.1 Å². The highest BCUT2D eigenvalue weighted by Gasteiger charge is 2.07. The third kappa shape index (κ3) is 6.54. The van der Waals surface area contributed by atoms with Gasteiger partial charge in [-0.05, 0) is 52.8 Å². The van der Waals surface area contributed by atoms with Crippen LogP contribution in [0.3, 0.4) is 0 Å². The topological polar surface area (TPSA) is 79.5 Å². The molecular weight excluding hydrogens is 358 g/mol. The van der Waals surface area contributed by atoms with E-state index in [1.165, 1.54) is 0 Å². The number of hydrazine groups is 1. The molecule has 114 valence electrons. The molecule has 6 nitrogen and oxygen atoms in total. The van der Waals surface area contributed by atoms with Crippen molar-refractivity contribution in [3.63, 3.8) is 0 Å². The fourth-order valence-electron chi connectivity index (χ4n) is 1.28. The molecule has 0 saturated carbocycles. The van der Waals surface area contributed by atoms with Gasteiger partial charge in [-0.1, -0.05) is 13.0 Å². The van der Waals surface area contributed by atoms with Gasteiger partial charge in [0.1, 0.15) is 5.75 Å². The standard InChI is InChI=1S/C13H16BrN3O3S/c1-3-11(18)15-13(21)17-16-12(19)7-20-10-5-4-8(2)6-9(10)14/h4-6H,3,7H2,1-2H3,(H,16,19)(H2,15,17,18,21). The summed E-state index contributed by atoms with van der Waals surface area (Å²) in [4.78, 5) is 22.6.